The van der Waals surface area contributed by atoms with Crippen LogP contribution in [0.5, 0.6) is 0 Å². The molecule has 0 spiro atoms. The lowest BCUT2D eigenvalue weighted by Crippen LogP contribution is -2.43. The zero-order valence-electron chi connectivity index (χ0n) is 14.3. The van der Waals surface area contributed by atoms with Gasteiger partial charge in [-0.3, -0.25) is 9.69 Å². The molecule has 0 unspecified atom stereocenters. The van der Waals surface area contributed by atoms with Crippen LogP contribution < -0.4 is 0 Å². The Kier molecular flexibility index (Phi) is 5.10. The van der Waals surface area contributed by atoms with Gasteiger partial charge in [-0.15, -0.1) is 0 Å². The third-order valence-electron chi connectivity index (χ3n) is 4.71. The Morgan fingerprint density at radius 1 is 1.31 bits per heavy atom. The van der Waals surface area contributed by atoms with Crippen molar-refractivity contribution in [2.24, 2.45) is 5.10 Å². The van der Waals surface area contributed by atoms with Crippen LogP contribution in [0.3, 0.4) is 0 Å². The van der Waals surface area contributed by atoms with Gasteiger partial charge >= 0.3 is 0 Å². The second-order valence-electron chi connectivity index (χ2n) is 6.46. The quantitative estimate of drug-likeness (QED) is 0.828. The van der Waals surface area contributed by atoms with Gasteiger partial charge in [0.15, 0.2) is 0 Å². The molecule has 5 nitrogen and oxygen atoms in total. The molecular formula is C19H20FN3O2S. The van der Waals surface area contributed by atoms with E-state index in [1.807, 2.05) is 22.9 Å². The van der Waals surface area contributed by atoms with E-state index in [1.54, 1.807) is 22.4 Å². The molecule has 1 saturated heterocycles. The molecule has 4 rings (SSSR count). The molecule has 0 saturated carbocycles. The van der Waals surface area contributed by atoms with Gasteiger partial charge in [0.05, 0.1) is 31.5 Å². The third kappa shape index (κ3) is 3.70. The fraction of sp³-hybridized carbons (Fsp3) is 0.368. The predicted octanol–water partition coefficient (Wildman–Crippen LogP) is 2.90. The van der Waals surface area contributed by atoms with Gasteiger partial charge in [-0.05, 0) is 34.5 Å². The van der Waals surface area contributed by atoms with Crippen LogP contribution in [-0.4, -0.2) is 54.4 Å². The molecule has 0 radical (unpaired) electrons. The molecule has 1 aromatic carbocycles. The summed E-state index contributed by atoms with van der Waals surface area (Å²) in [5, 5.41) is 10.2. The number of hydrazone groups is 1. The third-order valence-corrected chi connectivity index (χ3v) is 5.42. The number of halogens is 1. The van der Waals surface area contributed by atoms with Crippen LogP contribution >= 0.6 is 11.3 Å². The molecule has 1 atom stereocenters. The number of hydrogen-bond acceptors (Lipinski definition) is 5. The first kappa shape index (κ1) is 17.3. The highest BCUT2D eigenvalue weighted by Gasteiger charge is 2.34. The molecule has 1 fully saturated rings. The molecule has 1 aromatic heterocycles. The zero-order chi connectivity index (χ0) is 17.9. The van der Waals surface area contributed by atoms with Gasteiger partial charge in [0, 0.05) is 25.1 Å². The van der Waals surface area contributed by atoms with Gasteiger partial charge in [0.25, 0.3) is 5.91 Å². The molecule has 0 bridgehead atoms. The fourth-order valence-electron chi connectivity index (χ4n) is 3.33. The Hall–Kier alpha value is -2.09. The number of benzene rings is 1. The van der Waals surface area contributed by atoms with Gasteiger partial charge in [0.2, 0.25) is 0 Å². The van der Waals surface area contributed by atoms with E-state index in [4.69, 9.17) is 4.74 Å². The summed E-state index contributed by atoms with van der Waals surface area (Å²) in [6.45, 7) is 3.13. The number of carbonyl (C=O) groups is 1. The number of amides is 1. The second kappa shape index (κ2) is 7.65. The van der Waals surface area contributed by atoms with Crippen molar-refractivity contribution in [3.8, 4) is 0 Å². The lowest BCUT2D eigenvalue weighted by atomic mass is 10.0. The first-order valence-corrected chi connectivity index (χ1v) is 9.62. The van der Waals surface area contributed by atoms with E-state index in [0.717, 1.165) is 29.9 Å². The number of rotatable bonds is 4. The molecular weight excluding hydrogens is 353 g/mol. The molecule has 3 heterocycles. The average molecular weight is 373 g/mol. The van der Waals surface area contributed by atoms with Gasteiger partial charge < -0.3 is 4.74 Å². The molecule has 7 heteroatoms. The molecule has 2 aromatic rings. The van der Waals surface area contributed by atoms with Crippen molar-refractivity contribution in [2.45, 2.75) is 12.5 Å². The predicted molar refractivity (Wildman–Crippen MR) is 98.7 cm³/mol. The fourth-order valence-corrected chi connectivity index (χ4v) is 4.04. The van der Waals surface area contributed by atoms with E-state index in [0.29, 0.717) is 26.2 Å². The average Bonchev–Trinajstić information content (AvgIpc) is 3.32. The van der Waals surface area contributed by atoms with Crippen molar-refractivity contribution < 1.29 is 13.9 Å². The maximum absolute atomic E-state index is 13.6. The van der Waals surface area contributed by atoms with E-state index in [-0.39, 0.29) is 17.8 Å². The van der Waals surface area contributed by atoms with Crippen LogP contribution in [0.15, 0.2) is 46.2 Å². The van der Waals surface area contributed by atoms with Crippen molar-refractivity contribution >= 4 is 23.0 Å². The highest BCUT2D eigenvalue weighted by molar-refractivity contribution is 7.08. The zero-order valence-corrected chi connectivity index (χ0v) is 15.1. The molecule has 1 amide bonds. The van der Waals surface area contributed by atoms with E-state index in [9.17, 15) is 9.18 Å². The summed E-state index contributed by atoms with van der Waals surface area (Å²) in [5.41, 5.74) is 2.54. The Balaban J connectivity index is 1.58. The van der Waals surface area contributed by atoms with E-state index in [2.05, 4.69) is 10.0 Å². The van der Waals surface area contributed by atoms with Crippen LogP contribution in [0.25, 0.3) is 0 Å². The van der Waals surface area contributed by atoms with E-state index in [1.165, 1.54) is 12.1 Å². The number of carbonyl (C=O) groups excluding carboxylic acids is 1. The van der Waals surface area contributed by atoms with Crippen molar-refractivity contribution in [3.05, 3.63) is 58.0 Å². The molecule has 0 N–H and O–H groups in total. The van der Waals surface area contributed by atoms with Crippen LogP contribution in [0, 0.1) is 5.82 Å². The van der Waals surface area contributed by atoms with Crippen molar-refractivity contribution in [3.63, 3.8) is 0 Å². The number of nitrogens with zero attached hydrogens (tertiary/aromatic N) is 3. The van der Waals surface area contributed by atoms with E-state index >= 15 is 0 Å². The summed E-state index contributed by atoms with van der Waals surface area (Å²) in [7, 11) is 0. The molecule has 136 valence electrons. The van der Waals surface area contributed by atoms with Crippen molar-refractivity contribution in [2.75, 3.05) is 32.8 Å². The molecule has 26 heavy (non-hydrogen) atoms. The maximum Gasteiger partial charge on any atom is 0.257 e. The SMILES string of the molecule is O=C(CN1CCOCC1)N1N=C(c2cccc(F)c2)C[C@@H]1c1ccsc1. The number of ether oxygens (including phenoxy) is 1. The summed E-state index contributed by atoms with van der Waals surface area (Å²) < 4.78 is 18.9. The van der Waals surface area contributed by atoms with E-state index < -0.39 is 0 Å². The topological polar surface area (TPSA) is 45.1 Å². The lowest BCUT2D eigenvalue weighted by molar-refractivity contribution is -0.135. The Morgan fingerprint density at radius 2 is 2.15 bits per heavy atom. The molecule has 2 aliphatic heterocycles. The number of thiophene rings is 1. The largest absolute Gasteiger partial charge is 0.379 e. The maximum atomic E-state index is 13.6. The van der Waals surface area contributed by atoms with Crippen LogP contribution in [0.2, 0.25) is 0 Å². The molecule has 0 aliphatic carbocycles. The summed E-state index contributed by atoms with van der Waals surface area (Å²) in [4.78, 5) is 15.0. The minimum Gasteiger partial charge on any atom is -0.379 e. The molecule has 2 aliphatic rings. The van der Waals surface area contributed by atoms with Crippen LogP contribution in [0.4, 0.5) is 4.39 Å². The minimum absolute atomic E-state index is 0.0329. The highest BCUT2D eigenvalue weighted by Crippen LogP contribution is 2.34. The Morgan fingerprint density at radius 3 is 2.88 bits per heavy atom. The lowest BCUT2D eigenvalue weighted by Gasteiger charge is -2.28. The Bertz CT molecular complexity index is 803. The summed E-state index contributed by atoms with van der Waals surface area (Å²) >= 11 is 1.60. The van der Waals surface area contributed by atoms with Gasteiger partial charge in [-0.2, -0.15) is 16.4 Å². The summed E-state index contributed by atoms with van der Waals surface area (Å²) in [6, 6.07) is 8.28. The highest BCUT2D eigenvalue weighted by atomic mass is 32.1. The normalized spacial score (nSPS) is 21.0. The number of morpholine rings is 1. The van der Waals surface area contributed by atoms with Gasteiger partial charge in [-0.25, -0.2) is 9.40 Å². The monoisotopic (exact) mass is 373 g/mol. The van der Waals surface area contributed by atoms with Gasteiger partial charge in [0.1, 0.15) is 5.82 Å². The van der Waals surface area contributed by atoms with Crippen LogP contribution in [-0.2, 0) is 9.53 Å². The smallest absolute Gasteiger partial charge is 0.257 e. The van der Waals surface area contributed by atoms with Gasteiger partial charge in [-0.1, -0.05) is 12.1 Å². The first-order chi connectivity index (χ1) is 12.7. The number of hydrogen-bond donors (Lipinski definition) is 0. The van der Waals surface area contributed by atoms with Crippen molar-refractivity contribution in [1.82, 2.24) is 9.91 Å². The van der Waals surface area contributed by atoms with Crippen LogP contribution in [0.1, 0.15) is 23.6 Å². The summed E-state index contributed by atoms with van der Waals surface area (Å²) in [6.07, 6.45) is 0.592. The van der Waals surface area contributed by atoms with Crippen molar-refractivity contribution in [1.29, 1.82) is 0 Å². The first-order valence-electron chi connectivity index (χ1n) is 8.68. The Labute approximate surface area is 155 Å². The summed E-state index contributed by atoms with van der Waals surface area (Å²) in [5.74, 6) is -0.329. The second-order valence-corrected chi connectivity index (χ2v) is 7.24. The standard InChI is InChI=1S/C19H20FN3O2S/c20-16-3-1-2-14(10-16)17-11-18(15-4-9-26-13-15)23(21-17)19(24)12-22-5-7-25-8-6-22/h1-4,9-10,13,18H,5-8,11-12H2/t18-/m1/s1. The minimum atomic E-state index is -0.296.